The first-order chi connectivity index (χ1) is 19.4. The van der Waals surface area contributed by atoms with E-state index in [1.807, 2.05) is 0 Å². The quantitative estimate of drug-likeness (QED) is 0.228. The molecular formula is C38H32N2. The smallest absolute Gasteiger partial charge is 0.0900 e. The molecule has 0 atom stereocenters. The first kappa shape index (κ1) is 25.5. The van der Waals surface area contributed by atoms with Crippen LogP contribution in [0.2, 0.25) is 0 Å². The summed E-state index contributed by atoms with van der Waals surface area (Å²) >= 11 is 0. The van der Waals surface area contributed by atoms with Gasteiger partial charge in [-0.05, 0) is 98.5 Å². The van der Waals surface area contributed by atoms with Crippen molar-refractivity contribution in [2.75, 3.05) is 0 Å². The van der Waals surface area contributed by atoms with Gasteiger partial charge in [0.05, 0.1) is 22.8 Å². The van der Waals surface area contributed by atoms with E-state index in [2.05, 4.69) is 149 Å². The third kappa shape index (κ3) is 5.48. The Morgan fingerprint density at radius 1 is 0.300 bits per heavy atom. The summed E-state index contributed by atoms with van der Waals surface area (Å²) in [5.74, 6) is 0. The van der Waals surface area contributed by atoms with E-state index in [4.69, 9.17) is 9.97 Å². The highest BCUT2D eigenvalue weighted by molar-refractivity contribution is 5.80. The predicted octanol–water partition coefficient (Wildman–Crippen LogP) is 10.0. The SMILES string of the molecule is Cc1cc(C)cc(-c2cc(-c3ccccc3)cc(-c3cc(-c4ccccc4)cc(-c4cc(C)cc(C)c4)n3)n2)c1. The molecular weight excluding hydrogens is 484 g/mol. The van der Waals surface area contributed by atoms with Gasteiger partial charge in [0.1, 0.15) is 0 Å². The van der Waals surface area contributed by atoms with Crippen LogP contribution in [-0.2, 0) is 0 Å². The van der Waals surface area contributed by atoms with Crippen molar-refractivity contribution in [1.82, 2.24) is 9.97 Å². The van der Waals surface area contributed by atoms with Crippen LogP contribution in [0.25, 0.3) is 56.2 Å². The summed E-state index contributed by atoms with van der Waals surface area (Å²) in [6.07, 6.45) is 0. The molecule has 0 saturated carbocycles. The van der Waals surface area contributed by atoms with Crippen molar-refractivity contribution in [2.45, 2.75) is 27.7 Å². The number of hydrogen-bond acceptors (Lipinski definition) is 2. The summed E-state index contributed by atoms with van der Waals surface area (Å²) in [6, 6.07) is 43.0. The van der Waals surface area contributed by atoms with Gasteiger partial charge < -0.3 is 0 Å². The lowest BCUT2D eigenvalue weighted by Crippen LogP contribution is -1.96. The Morgan fingerprint density at radius 3 is 0.975 bits per heavy atom. The van der Waals surface area contributed by atoms with Gasteiger partial charge in [-0.2, -0.15) is 0 Å². The number of nitrogens with zero attached hydrogens (tertiary/aromatic N) is 2. The average Bonchev–Trinajstić information content (AvgIpc) is 2.96. The molecule has 0 aliphatic carbocycles. The number of benzene rings is 4. The van der Waals surface area contributed by atoms with Crippen LogP contribution < -0.4 is 0 Å². The number of aromatic nitrogens is 2. The van der Waals surface area contributed by atoms with Crippen LogP contribution in [0.15, 0.2) is 121 Å². The fourth-order valence-electron chi connectivity index (χ4n) is 5.46. The zero-order valence-electron chi connectivity index (χ0n) is 23.4. The molecule has 2 heteroatoms. The van der Waals surface area contributed by atoms with Crippen LogP contribution in [0, 0.1) is 27.7 Å². The summed E-state index contributed by atoms with van der Waals surface area (Å²) in [5, 5.41) is 0. The van der Waals surface area contributed by atoms with E-state index in [0.29, 0.717) is 0 Å². The molecule has 2 aromatic heterocycles. The monoisotopic (exact) mass is 516 g/mol. The highest BCUT2D eigenvalue weighted by Gasteiger charge is 2.14. The van der Waals surface area contributed by atoms with Gasteiger partial charge in [0.25, 0.3) is 0 Å². The molecule has 2 nitrogen and oxygen atoms in total. The minimum absolute atomic E-state index is 0.860. The van der Waals surface area contributed by atoms with E-state index in [0.717, 1.165) is 56.2 Å². The van der Waals surface area contributed by atoms with Crippen molar-refractivity contribution in [2.24, 2.45) is 0 Å². The summed E-state index contributed by atoms with van der Waals surface area (Å²) in [5.41, 5.74) is 15.3. The van der Waals surface area contributed by atoms with Crippen molar-refractivity contribution >= 4 is 0 Å². The lowest BCUT2D eigenvalue weighted by Gasteiger charge is -2.14. The van der Waals surface area contributed by atoms with Gasteiger partial charge in [0.15, 0.2) is 0 Å². The Hall–Kier alpha value is -4.82. The Bertz CT molecular complexity index is 1640. The van der Waals surface area contributed by atoms with E-state index >= 15 is 0 Å². The van der Waals surface area contributed by atoms with E-state index in [1.54, 1.807) is 0 Å². The van der Waals surface area contributed by atoms with Gasteiger partial charge in [0, 0.05) is 11.1 Å². The van der Waals surface area contributed by atoms with Gasteiger partial charge in [-0.3, -0.25) is 0 Å². The zero-order valence-corrected chi connectivity index (χ0v) is 23.4. The largest absolute Gasteiger partial charge is 0.246 e. The maximum Gasteiger partial charge on any atom is 0.0900 e. The third-order valence-corrected chi connectivity index (χ3v) is 7.16. The van der Waals surface area contributed by atoms with Gasteiger partial charge in [-0.1, -0.05) is 95.1 Å². The first-order valence-electron chi connectivity index (χ1n) is 13.7. The molecule has 0 bridgehead atoms. The van der Waals surface area contributed by atoms with Gasteiger partial charge in [-0.15, -0.1) is 0 Å². The zero-order chi connectivity index (χ0) is 27.6. The first-order valence-corrected chi connectivity index (χ1v) is 13.7. The molecule has 0 aliphatic rings. The maximum atomic E-state index is 5.22. The van der Waals surface area contributed by atoms with Crippen molar-refractivity contribution in [3.05, 3.63) is 144 Å². The Balaban J connectivity index is 1.60. The predicted molar refractivity (Wildman–Crippen MR) is 168 cm³/mol. The normalized spacial score (nSPS) is 11.0. The average molecular weight is 517 g/mol. The lowest BCUT2D eigenvalue weighted by molar-refractivity contribution is 1.24. The molecule has 0 N–H and O–H groups in total. The van der Waals surface area contributed by atoms with Crippen LogP contribution in [0.1, 0.15) is 22.3 Å². The van der Waals surface area contributed by atoms with E-state index in [9.17, 15) is 0 Å². The standard InChI is InChI=1S/C38H32N2/c1-25-15-26(2)18-33(17-25)35-21-31(29-11-7-5-8-12-29)23-37(39-35)38-24-32(30-13-9-6-10-14-30)22-36(40-38)34-19-27(3)16-28(4)20-34/h5-24H,1-4H3. The Kier molecular flexibility index (Phi) is 6.84. The highest BCUT2D eigenvalue weighted by atomic mass is 14.8. The summed E-state index contributed by atoms with van der Waals surface area (Å²) in [7, 11) is 0. The van der Waals surface area contributed by atoms with Crippen LogP contribution >= 0.6 is 0 Å². The molecule has 0 unspecified atom stereocenters. The fraction of sp³-hybridized carbons (Fsp3) is 0.105. The van der Waals surface area contributed by atoms with Gasteiger partial charge in [-0.25, -0.2) is 9.97 Å². The van der Waals surface area contributed by atoms with E-state index < -0.39 is 0 Å². The third-order valence-electron chi connectivity index (χ3n) is 7.16. The summed E-state index contributed by atoms with van der Waals surface area (Å²) < 4.78 is 0. The van der Waals surface area contributed by atoms with Crippen molar-refractivity contribution < 1.29 is 0 Å². The fourth-order valence-corrected chi connectivity index (χ4v) is 5.46. The van der Waals surface area contributed by atoms with E-state index in [1.165, 1.54) is 22.3 Å². The molecule has 0 amide bonds. The highest BCUT2D eigenvalue weighted by Crippen LogP contribution is 2.34. The molecule has 0 fully saturated rings. The maximum absolute atomic E-state index is 5.22. The van der Waals surface area contributed by atoms with Crippen molar-refractivity contribution in [1.29, 1.82) is 0 Å². The minimum Gasteiger partial charge on any atom is -0.246 e. The number of aryl methyl sites for hydroxylation is 4. The van der Waals surface area contributed by atoms with Crippen molar-refractivity contribution in [3.63, 3.8) is 0 Å². The number of hydrogen-bond donors (Lipinski definition) is 0. The molecule has 0 aliphatic heterocycles. The molecule has 0 radical (unpaired) electrons. The topological polar surface area (TPSA) is 25.8 Å². The molecule has 0 saturated heterocycles. The van der Waals surface area contributed by atoms with Crippen LogP contribution in [0.5, 0.6) is 0 Å². The molecule has 40 heavy (non-hydrogen) atoms. The van der Waals surface area contributed by atoms with E-state index in [-0.39, 0.29) is 0 Å². The second-order valence-electron chi connectivity index (χ2n) is 10.7. The molecule has 0 spiro atoms. The second-order valence-corrected chi connectivity index (χ2v) is 10.7. The molecule has 194 valence electrons. The summed E-state index contributed by atoms with van der Waals surface area (Å²) in [6.45, 7) is 8.55. The van der Waals surface area contributed by atoms with Crippen molar-refractivity contribution in [3.8, 4) is 56.2 Å². The lowest BCUT2D eigenvalue weighted by atomic mass is 9.97. The number of rotatable bonds is 5. The number of pyridine rings is 2. The van der Waals surface area contributed by atoms with Gasteiger partial charge in [0.2, 0.25) is 0 Å². The molecule has 6 rings (SSSR count). The van der Waals surface area contributed by atoms with Gasteiger partial charge >= 0.3 is 0 Å². The minimum atomic E-state index is 0.860. The van der Waals surface area contributed by atoms with Crippen LogP contribution in [0.3, 0.4) is 0 Å². The summed E-state index contributed by atoms with van der Waals surface area (Å²) in [4.78, 5) is 10.4. The Morgan fingerprint density at radius 2 is 0.625 bits per heavy atom. The molecule has 4 aromatic carbocycles. The Labute approximate surface area is 237 Å². The molecule has 2 heterocycles. The van der Waals surface area contributed by atoms with Crippen LogP contribution in [-0.4, -0.2) is 9.97 Å². The second kappa shape index (κ2) is 10.7. The van der Waals surface area contributed by atoms with Crippen LogP contribution in [0.4, 0.5) is 0 Å². The molecule has 6 aromatic rings.